The zero-order chi connectivity index (χ0) is 26.9. The smallest absolute Gasteiger partial charge is 0.339 e. The Morgan fingerprint density at radius 3 is 2.14 bits per heavy atom. The van der Waals surface area contributed by atoms with Crippen LogP contribution < -0.4 is 9.47 Å². The maximum Gasteiger partial charge on any atom is 0.339 e. The van der Waals surface area contributed by atoms with Crippen LogP contribution in [-0.2, 0) is 34.1 Å². The summed E-state index contributed by atoms with van der Waals surface area (Å²) in [5.74, 6) is -0.669. The lowest BCUT2D eigenvalue weighted by Gasteiger charge is -2.32. The van der Waals surface area contributed by atoms with Crippen LogP contribution in [0.4, 0.5) is 0 Å². The zero-order valence-electron chi connectivity index (χ0n) is 21.8. The first-order chi connectivity index (χ1) is 17.7. The summed E-state index contributed by atoms with van der Waals surface area (Å²) in [6.45, 7) is 3.72. The molecule has 3 heterocycles. The van der Waals surface area contributed by atoms with Crippen LogP contribution in [0.3, 0.4) is 0 Å². The highest BCUT2D eigenvalue weighted by Crippen LogP contribution is 2.55. The van der Waals surface area contributed by atoms with Crippen molar-refractivity contribution in [3.05, 3.63) is 75.2 Å². The van der Waals surface area contributed by atoms with Crippen LogP contribution >= 0.6 is 0 Å². The van der Waals surface area contributed by atoms with E-state index in [4.69, 9.17) is 28.4 Å². The van der Waals surface area contributed by atoms with Crippen molar-refractivity contribution < 1.29 is 38.0 Å². The molecule has 4 rings (SSSR count). The molecule has 0 saturated heterocycles. The molecule has 10 nitrogen and oxygen atoms in total. The molecule has 10 heteroatoms. The van der Waals surface area contributed by atoms with Crippen molar-refractivity contribution in [3.8, 4) is 11.9 Å². The van der Waals surface area contributed by atoms with Gasteiger partial charge in [-0.25, -0.2) is 9.59 Å². The van der Waals surface area contributed by atoms with Crippen LogP contribution in [0.1, 0.15) is 35.7 Å². The molecule has 0 N–H and O–H groups in total. The molecule has 0 fully saturated rings. The quantitative estimate of drug-likeness (QED) is 0.538. The van der Waals surface area contributed by atoms with Crippen molar-refractivity contribution in [1.82, 2.24) is 9.97 Å². The van der Waals surface area contributed by atoms with Crippen LogP contribution in [0.25, 0.3) is 5.76 Å². The lowest BCUT2D eigenvalue weighted by Crippen LogP contribution is -2.37. The van der Waals surface area contributed by atoms with Gasteiger partial charge in [-0.15, -0.1) is 0 Å². The van der Waals surface area contributed by atoms with Crippen LogP contribution in [-0.4, -0.2) is 57.5 Å². The van der Waals surface area contributed by atoms with Gasteiger partial charge < -0.3 is 28.4 Å². The molecule has 1 unspecified atom stereocenters. The Kier molecular flexibility index (Phi) is 6.93. The van der Waals surface area contributed by atoms with Gasteiger partial charge in [0.2, 0.25) is 11.5 Å². The van der Waals surface area contributed by atoms with Crippen LogP contribution in [0.5, 0.6) is 11.9 Å². The van der Waals surface area contributed by atoms with Crippen molar-refractivity contribution in [2.75, 3.05) is 35.5 Å². The second-order valence-electron chi connectivity index (χ2n) is 8.46. The van der Waals surface area contributed by atoms with Gasteiger partial charge in [0.05, 0.1) is 41.1 Å². The molecular weight excluding hydrogens is 480 g/mol. The van der Waals surface area contributed by atoms with E-state index >= 15 is 0 Å². The normalized spacial score (nSPS) is 23.8. The highest BCUT2D eigenvalue weighted by molar-refractivity contribution is 6.04. The van der Waals surface area contributed by atoms with E-state index in [-0.39, 0.29) is 40.9 Å². The van der Waals surface area contributed by atoms with Gasteiger partial charge in [0.15, 0.2) is 0 Å². The van der Waals surface area contributed by atoms with Gasteiger partial charge in [-0.2, -0.15) is 9.97 Å². The van der Waals surface area contributed by atoms with E-state index < -0.39 is 17.5 Å². The van der Waals surface area contributed by atoms with Crippen molar-refractivity contribution in [2.24, 2.45) is 0 Å². The van der Waals surface area contributed by atoms with Gasteiger partial charge in [0, 0.05) is 18.1 Å². The first kappa shape index (κ1) is 25.7. The van der Waals surface area contributed by atoms with Gasteiger partial charge in [0.1, 0.15) is 28.3 Å². The molecule has 1 atom stereocenters. The minimum Gasteiger partial charge on any atom is -0.497 e. The number of rotatable bonds is 6. The molecular formula is C27H28N2O8. The van der Waals surface area contributed by atoms with Gasteiger partial charge >= 0.3 is 17.9 Å². The molecule has 0 amide bonds. The maximum atomic E-state index is 13.6. The number of methoxy groups -OCH3 is 5. The van der Waals surface area contributed by atoms with Gasteiger partial charge in [-0.05, 0) is 19.4 Å². The molecule has 0 radical (unpaired) electrons. The summed E-state index contributed by atoms with van der Waals surface area (Å²) in [5.41, 5.74) is 0.968. The maximum absolute atomic E-state index is 13.6. The first-order valence-corrected chi connectivity index (χ1v) is 11.4. The fourth-order valence-electron chi connectivity index (χ4n) is 4.60. The molecule has 2 bridgehead atoms. The average molecular weight is 509 g/mol. The Morgan fingerprint density at radius 1 is 0.892 bits per heavy atom. The average Bonchev–Trinajstić information content (AvgIpc) is 3.26. The van der Waals surface area contributed by atoms with E-state index in [1.165, 1.54) is 35.5 Å². The number of aryl methyl sites for hydroxylation is 1. The summed E-state index contributed by atoms with van der Waals surface area (Å²) in [6, 6.07) is 7.32. The summed E-state index contributed by atoms with van der Waals surface area (Å²) >= 11 is 0. The number of carbonyl (C=O) groups excluding carboxylic acids is 2. The molecule has 2 aromatic rings. The zero-order valence-corrected chi connectivity index (χ0v) is 21.8. The Labute approximate surface area is 214 Å². The van der Waals surface area contributed by atoms with Crippen LogP contribution in [0.15, 0.2) is 52.8 Å². The summed E-state index contributed by atoms with van der Waals surface area (Å²) in [4.78, 5) is 35.9. The number of fused-ring (bicyclic) bond motifs is 5. The number of allylic oxidation sites excluding steroid dienone is 2. The Hall–Kier alpha value is -4.34. The molecule has 1 aromatic carbocycles. The molecule has 194 valence electrons. The molecule has 37 heavy (non-hydrogen) atoms. The number of aromatic nitrogens is 2. The Morgan fingerprint density at radius 2 is 1.57 bits per heavy atom. The second kappa shape index (κ2) is 9.96. The minimum absolute atomic E-state index is 0.0171. The molecule has 0 spiro atoms. The lowest BCUT2D eigenvalue weighted by molar-refractivity contribution is -0.141. The SMILES string of the molecule is COC(=O)/C1=C(\C(=O)OC)C2(c3ccc(C)cc3)O/C(=C\C(OC)=C(\C)C1)c1c(OC)nc(OC)nc12. The fraction of sp³-hybridized carbons (Fsp3) is 0.333. The number of hydrogen-bond acceptors (Lipinski definition) is 10. The summed E-state index contributed by atoms with van der Waals surface area (Å²) in [5, 5.41) is 0. The summed E-state index contributed by atoms with van der Waals surface area (Å²) < 4.78 is 33.7. The summed E-state index contributed by atoms with van der Waals surface area (Å²) in [6.07, 6.45) is 1.69. The van der Waals surface area contributed by atoms with Crippen molar-refractivity contribution in [1.29, 1.82) is 0 Å². The topological polar surface area (TPSA) is 115 Å². The van der Waals surface area contributed by atoms with Crippen molar-refractivity contribution in [3.63, 3.8) is 0 Å². The molecule has 0 saturated carbocycles. The third-order valence-corrected chi connectivity index (χ3v) is 6.35. The largest absolute Gasteiger partial charge is 0.497 e. The van der Waals surface area contributed by atoms with E-state index in [9.17, 15) is 9.59 Å². The lowest BCUT2D eigenvalue weighted by atomic mass is 9.78. The van der Waals surface area contributed by atoms with Crippen molar-refractivity contribution in [2.45, 2.75) is 25.9 Å². The third kappa shape index (κ3) is 4.08. The van der Waals surface area contributed by atoms with E-state index in [0.717, 1.165) is 5.56 Å². The highest BCUT2D eigenvalue weighted by atomic mass is 16.5. The van der Waals surface area contributed by atoms with E-state index in [1.807, 2.05) is 19.1 Å². The predicted molar refractivity (Wildman–Crippen MR) is 132 cm³/mol. The van der Waals surface area contributed by atoms with E-state index in [0.29, 0.717) is 22.5 Å². The Bertz CT molecular complexity index is 1360. The van der Waals surface area contributed by atoms with Crippen molar-refractivity contribution >= 4 is 17.7 Å². The van der Waals surface area contributed by atoms with E-state index in [1.54, 1.807) is 25.1 Å². The molecule has 2 aliphatic rings. The summed E-state index contributed by atoms with van der Waals surface area (Å²) in [7, 11) is 6.84. The van der Waals surface area contributed by atoms with Crippen LogP contribution in [0.2, 0.25) is 0 Å². The third-order valence-electron chi connectivity index (χ3n) is 6.35. The number of nitrogens with zero attached hydrogens (tertiary/aromatic N) is 2. The van der Waals surface area contributed by atoms with Gasteiger partial charge in [-0.3, -0.25) is 0 Å². The standard InChI is InChI=1S/C27H28N2O8/c1-14-8-10-16(11-9-14)27-21(25(31)35-6)17(24(30)34-5)12-15(2)18(32-3)13-19(37-27)20-22(27)28-26(36-7)29-23(20)33-4/h8-11,13H,12H2,1-7H3/b18-15+,19-13-,21-17+. The number of hydrogen-bond donors (Lipinski definition) is 0. The molecule has 0 aliphatic carbocycles. The first-order valence-electron chi connectivity index (χ1n) is 11.4. The number of carbonyl (C=O) groups is 2. The number of benzene rings is 1. The molecule has 1 aromatic heterocycles. The fourth-order valence-corrected chi connectivity index (χ4v) is 4.60. The van der Waals surface area contributed by atoms with E-state index in [2.05, 4.69) is 9.97 Å². The Balaban J connectivity index is 2.30. The molecule has 2 aliphatic heterocycles. The predicted octanol–water partition coefficient (Wildman–Crippen LogP) is 3.38. The second-order valence-corrected chi connectivity index (χ2v) is 8.46. The van der Waals surface area contributed by atoms with Gasteiger partial charge in [-0.1, -0.05) is 29.8 Å². The van der Waals surface area contributed by atoms with Crippen LogP contribution in [0, 0.1) is 6.92 Å². The highest BCUT2D eigenvalue weighted by Gasteiger charge is 2.56. The monoisotopic (exact) mass is 508 g/mol. The van der Waals surface area contributed by atoms with Gasteiger partial charge in [0.25, 0.3) is 0 Å². The number of ether oxygens (including phenoxy) is 6. The minimum atomic E-state index is -1.74. The number of esters is 2.